The fourth-order valence-electron chi connectivity index (χ4n) is 1.83. The van der Waals surface area contributed by atoms with E-state index in [1.54, 1.807) is 6.08 Å². The van der Waals surface area contributed by atoms with E-state index in [0.29, 0.717) is 6.54 Å². The summed E-state index contributed by atoms with van der Waals surface area (Å²) >= 11 is 0. The largest absolute Gasteiger partial charge is 0.352 e. The third-order valence-electron chi connectivity index (χ3n) is 2.86. The molecule has 2 aromatic carbocycles. The minimum atomic E-state index is 0.0324. The SMILES string of the molecule is C=CC.CC.CC(C)C(=O)NCc1cccc2ccccc12. The lowest BCUT2D eigenvalue weighted by Gasteiger charge is -2.10. The van der Waals surface area contributed by atoms with Gasteiger partial charge >= 0.3 is 0 Å². The number of hydrogen-bond acceptors (Lipinski definition) is 1. The second kappa shape index (κ2) is 11.6. The van der Waals surface area contributed by atoms with Crippen molar-refractivity contribution in [3.63, 3.8) is 0 Å². The van der Waals surface area contributed by atoms with Crippen LogP contribution in [-0.4, -0.2) is 5.91 Å². The van der Waals surface area contributed by atoms with E-state index in [1.165, 1.54) is 10.8 Å². The molecule has 2 rings (SSSR count). The molecule has 0 saturated heterocycles. The van der Waals surface area contributed by atoms with Crippen LogP contribution in [0, 0.1) is 5.92 Å². The van der Waals surface area contributed by atoms with Gasteiger partial charge in [-0.2, -0.15) is 0 Å². The lowest BCUT2D eigenvalue weighted by atomic mass is 10.0. The van der Waals surface area contributed by atoms with Crippen molar-refractivity contribution in [2.45, 2.75) is 41.2 Å². The Balaban J connectivity index is 0.000000789. The molecular formula is C20H29NO. The Morgan fingerprint density at radius 3 is 2.27 bits per heavy atom. The molecule has 0 aliphatic carbocycles. The molecule has 1 N–H and O–H groups in total. The molecule has 0 bridgehead atoms. The number of carbonyl (C=O) groups excluding carboxylic acids is 1. The van der Waals surface area contributed by atoms with Gasteiger partial charge in [0.15, 0.2) is 0 Å². The second-order valence-electron chi connectivity index (χ2n) is 4.92. The summed E-state index contributed by atoms with van der Waals surface area (Å²) in [5.74, 6) is 0.128. The fourth-order valence-corrected chi connectivity index (χ4v) is 1.83. The molecule has 0 fully saturated rings. The number of rotatable bonds is 3. The quantitative estimate of drug-likeness (QED) is 0.762. The zero-order valence-corrected chi connectivity index (χ0v) is 14.5. The Morgan fingerprint density at radius 1 is 1.14 bits per heavy atom. The standard InChI is InChI=1S/C15H17NO.C3H6.C2H6/c1-11(2)15(17)16-10-13-8-5-7-12-6-3-4-9-14(12)13;1-3-2;1-2/h3-9,11H,10H2,1-2H3,(H,16,17);3H,1H2,2H3;1-2H3. The Bertz CT molecular complexity index is 567. The lowest BCUT2D eigenvalue weighted by Crippen LogP contribution is -2.27. The van der Waals surface area contributed by atoms with Gasteiger partial charge < -0.3 is 5.32 Å². The Morgan fingerprint density at radius 2 is 1.68 bits per heavy atom. The van der Waals surface area contributed by atoms with Crippen molar-refractivity contribution < 1.29 is 4.79 Å². The zero-order valence-electron chi connectivity index (χ0n) is 14.5. The third kappa shape index (κ3) is 6.57. The first-order chi connectivity index (χ1) is 10.6. The minimum Gasteiger partial charge on any atom is -0.352 e. The van der Waals surface area contributed by atoms with Gasteiger partial charge in [0, 0.05) is 12.5 Å². The summed E-state index contributed by atoms with van der Waals surface area (Å²) in [4.78, 5) is 11.5. The molecular weight excluding hydrogens is 270 g/mol. The van der Waals surface area contributed by atoms with Crippen LogP contribution >= 0.6 is 0 Å². The van der Waals surface area contributed by atoms with Gasteiger partial charge in [-0.15, -0.1) is 6.58 Å². The van der Waals surface area contributed by atoms with E-state index in [0.717, 1.165) is 5.56 Å². The Hall–Kier alpha value is -2.09. The molecule has 120 valence electrons. The molecule has 0 heterocycles. The zero-order chi connectivity index (χ0) is 17.0. The Kier molecular flexibility index (Phi) is 10.5. The molecule has 2 aromatic rings. The topological polar surface area (TPSA) is 29.1 Å². The summed E-state index contributed by atoms with van der Waals surface area (Å²) < 4.78 is 0. The number of benzene rings is 2. The molecule has 0 aliphatic heterocycles. The van der Waals surface area contributed by atoms with Crippen molar-refractivity contribution in [2.24, 2.45) is 5.92 Å². The first-order valence-electron chi connectivity index (χ1n) is 7.91. The summed E-state index contributed by atoms with van der Waals surface area (Å²) in [6.07, 6.45) is 1.75. The van der Waals surface area contributed by atoms with Crippen LogP contribution in [-0.2, 0) is 11.3 Å². The summed E-state index contributed by atoms with van der Waals surface area (Å²) in [6.45, 7) is 13.6. The average molecular weight is 299 g/mol. The lowest BCUT2D eigenvalue weighted by molar-refractivity contribution is -0.124. The van der Waals surface area contributed by atoms with E-state index >= 15 is 0 Å². The predicted octanol–water partition coefficient (Wildman–Crippen LogP) is 5.33. The number of carbonyl (C=O) groups is 1. The van der Waals surface area contributed by atoms with Gasteiger partial charge in [-0.3, -0.25) is 4.79 Å². The van der Waals surface area contributed by atoms with Crippen LogP contribution in [0.3, 0.4) is 0 Å². The van der Waals surface area contributed by atoms with E-state index in [2.05, 4.69) is 36.2 Å². The van der Waals surface area contributed by atoms with Crippen LogP contribution in [0.1, 0.15) is 40.2 Å². The first-order valence-corrected chi connectivity index (χ1v) is 7.91. The minimum absolute atomic E-state index is 0.0324. The van der Waals surface area contributed by atoms with Crippen molar-refractivity contribution in [3.8, 4) is 0 Å². The van der Waals surface area contributed by atoms with Crippen molar-refractivity contribution in [2.75, 3.05) is 0 Å². The van der Waals surface area contributed by atoms with E-state index < -0.39 is 0 Å². The highest BCUT2D eigenvalue weighted by atomic mass is 16.1. The van der Waals surface area contributed by atoms with Gasteiger partial charge in [-0.05, 0) is 23.3 Å². The van der Waals surface area contributed by atoms with Crippen LogP contribution in [0.25, 0.3) is 10.8 Å². The number of nitrogens with one attached hydrogen (secondary N) is 1. The number of amides is 1. The maximum absolute atomic E-state index is 11.5. The number of hydrogen-bond donors (Lipinski definition) is 1. The summed E-state index contributed by atoms with van der Waals surface area (Å²) in [5.41, 5.74) is 1.16. The van der Waals surface area contributed by atoms with Crippen molar-refractivity contribution in [1.82, 2.24) is 5.32 Å². The van der Waals surface area contributed by atoms with E-state index in [4.69, 9.17) is 0 Å². The van der Waals surface area contributed by atoms with Gasteiger partial charge in [-0.25, -0.2) is 0 Å². The van der Waals surface area contributed by atoms with Crippen molar-refractivity contribution >= 4 is 16.7 Å². The second-order valence-corrected chi connectivity index (χ2v) is 4.92. The van der Waals surface area contributed by atoms with E-state index in [-0.39, 0.29) is 11.8 Å². The highest BCUT2D eigenvalue weighted by Crippen LogP contribution is 2.18. The smallest absolute Gasteiger partial charge is 0.222 e. The fraction of sp³-hybridized carbons (Fsp3) is 0.350. The predicted molar refractivity (Wildman–Crippen MR) is 97.9 cm³/mol. The van der Waals surface area contributed by atoms with Crippen LogP contribution in [0.15, 0.2) is 55.1 Å². The molecule has 2 heteroatoms. The van der Waals surface area contributed by atoms with Crippen molar-refractivity contribution in [1.29, 1.82) is 0 Å². The highest BCUT2D eigenvalue weighted by Gasteiger charge is 2.07. The molecule has 0 aliphatic rings. The highest BCUT2D eigenvalue weighted by molar-refractivity contribution is 5.86. The molecule has 0 aromatic heterocycles. The Labute approximate surface area is 135 Å². The van der Waals surface area contributed by atoms with Crippen LogP contribution < -0.4 is 5.32 Å². The van der Waals surface area contributed by atoms with Gasteiger partial charge in [0.1, 0.15) is 0 Å². The maximum atomic E-state index is 11.5. The maximum Gasteiger partial charge on any atom is 0.222 e. The van der Waals surface area contributed by atoms with Gasteiger partial charge in [0.05, 0.1) is 0 Å². The molecule has 1 amide bonds. The summed E-state index contributed by atoms with van der Waals surface area (Å²) in [7, 11) is 0. The molecule has 0 saturated carbocycles. The third-order valence-corrected chi connectivity index (χ3v) is 2.86. The van der Waals surface area contributed by atoms with E-state index in [9.17, 15) is 4.79 Å². The van der Waals surface area contributed by atoms with Crippen LogP contribution in [0.5, 0.6) is 0 Å². The molecule has 2 nitrogen and oxygen atoms in total. The molecule has 0 spiro atoms. The van der Waals surface area contributed by atoms with Crippen LogP contribution in [0.4, 0.5) is 0 Å². The van der Waals surface area contributed by atoms with Gasteiger partial charge in [0.25, 0.3) is 0 Å². The van der Waals surface area contributed by atoms with E-state index in [1.807, 2.05) is 52.8 Å². The number of fused-ring (bicyclic) bond motifs is 1. The van der Waals surface area contributed by atoms with Gasteiger partial charge in [0.2, 0.25) is 5.91 Å². The monoisotopic (exact) mass is 299 g/mol. The molecule has 0 unspecified atom stereocenters. The normalized spacial score (nSPS) is 9.18. The molecule has 22 heavy (non-hydrogen) atoms. The van der Waals surface area contributed by atoms with Gasteiger partial charge in [-0.1, -0.05) is 76.2 Å². The average Bonchev–Trinajstić information content (AvgIpc) is 2.55. The summed E-state index contributed by atoms with van der Waals surface area (Å²) in [5, 5.41) is 5.37. The molecule has 0 atom stereocenters. The number of allylic oxidation sites excluding steroid dienone is 1. The van der Waals surface area contributed by atoms with Crippen LogP contribution in [0.2, 0.25) is 0 Å². The first kappa shape index (κ1) is 19.9. The van der Waals surface area contributed by atoms with Crippen molar-refractivity contribution in [3.05, 3.63) is 60.7 Å². The summed E-state index contributed by atoms with van der Waals surface area (Å²) in [6, 6.07) is 14.4. The molecule has 0 radical (unpaired) electrons.